The molecule has 0 saturated carbocycles. The molecule has 0 aliphatic rings. The minimum atomic E-state index is -0.939. The molecule has 0 radical (unpaired) electrons. The van der Waals surface area contributed by atoms with E-state index in [-0.39, 0.29) is 12.2 Å². The zero-order chi connectivity index (χ0) is 11.3. The summed E-state index contributed by atoms with van der Waals surface area (Å²) < 4.78 is 0. The van der Waals surface area contributed by atoms with Crippen LogP contribution in [0.5, 0.6) is 0 Å². The van der Waals surface area contributed by atoms with E-state index in [0.717, 1.165) is 5.56 Å². The van der Waals surface area contributed by atoms with Crippen molar-refractivity contribution in [3.05, 3.63) is 35.9 Å². The number of hydrogen-bond acceptors (Lipinski definition) is 2. The van der Waals surface area contributed by atoms with Crippen molar-refractivity contribution in [3.63, 3.8) is 0 Å². The van der Waals surface area contributed by atoms with Crippen LogP contribution in [0.2, 0.25) is 0 Å². The molecule has 0 bridgehead atoms. The number of Topliss-reactive ketones (excluding diaryl/α,β-unsaturated/α-hetero) is 1. The van der Waals surface area contributed by atoms with E-state index in [2.05, 4.69) is 0 Å². The first-order chi connectivity index (χ1) is 7.15. The van der Waals surface area contributed by atoms with Crippen LogP contribution >= 0.6 is 0 Å². The lowest BCUT2D eigenvalue weighted by atomic mass is 9.90. The highest BCUT2D eigenvalue weighted by Crippen LogP contribution is 2.21. The van der Waals surface area contributed by atoms with E-state index >= 15 is 0 Å². The Kier molecular flexibility index (Phi) is 4.03. The van der Waals surface area contributed by atoms with Gasteiger partial charge in [-0.1, -0.05) is 37.3 Å². The molecular weight excluding hydrogens is 192 g/mol. The summed E-state index contributed by atoms with van der Waals surface area (Å²) in [5.41, 5.74) is 0.784. The minimum absolute atomic E-state index is 0.0244. The maximum Gasteiger partial charge on any atom is 0.304 e. The van der Waals surface area contributed by atoms with Gasteiger partial charge in [0.2, 0.25) is 0 Å². The highest BCUT2D eigenvalue weighted by Gasteiger charge is 2.21. The second-order valence-electron chi connectivity index (χ2n) is 3.38. The average Bonchev–Trinajstić information content (AvgIpc) is 2.26. The Morgan fingerprint density at radius 1 is 1.27 bits per heavy atom. The van der Waals surface area contributed by atoms with E-state index in [1.54, 1.807) is 19.1 Å². The average molecular weight is 206 g/mol. The lowest BCUT2D eigenvalue weighted by Crippen LogP contribution is -2.15. The summed E-state index contributed by atoms with van der Waals surface area (Å²) in [6, 6.07) is 9.06. The van der Waals surface area contributed by atoms with Gasteiger partial charge in [-0.05, 0) is 5.56 Å². The fourth-order valence-electron chi connectivity index (χ4n) is 1.52. The summed E-state index contributed by atoms with van der Waals surface area (Å²) in [6.07, 6.45) is 0.240. The molecule has 80 valence electrons. The van der Waals surface area contributed by atoms with Crippen LogP contribution in [0.15, 0.2) is 30.3 Å². The van der Waals surface area contributed by atoms with Gasteiger partial charge in [0, 0.05) is 6.42 Å². The topological polar surface area (TPSA) is 54.4 Å². The van der Waals surface area contributed by atoms with E-state index in [9.17, 15) is 9.59 Å². The number of carboxylic acids is 1. The molecule has 15 heavy (non-hydrogen) atoms. The molecule has 0 fully saturated rings. The Morgan fingerprint density at radius 3 is 2.33 bits per heavy atom. The number of benzene rings is 1. The summed E-state index contributed by atoms with van der Waals surface area (Å²) in [5, 5.41) is 8.74. The predicted molar refractivity (Wildman–Crippen MR) is 56.7 cm³/mol. The van der Waals surface area contributed by atoms with Crippen LogP contribution in [-0.4, -0.2) is 16.9 Å². The standard InChI is InChI=1S/C12H14O3/c1-2-11(13)10(8-12(14)15)9-6-4-3-5-7-9/h3-7,10H,2,8H2,1H3,(H,14,15). The van der Waals surface area contributed by atoms with Crippen molar-refractivity contribution in [2.75, 3.05) is 0 Å². The first-order valence-electron chi connectivity index (χ1n) is 4.94. The molecule has 3 nitrogen and oxygen atoms in total. The fourth-order valence-corrected chi connectivity index (χ4v) is 1.52. The van der Waals surface area contributed by atoms with Gasteiger partial charge < -0.3 is 5.11 Å². The molecule has 1 unspecified atom stereocenters. The third kappa shape index (κ3) is 3.20. The quantitative estimate of drug-likeness (QED) is 0.803. The zero-order valence-corrected chi connectivity index (χ0v) is 8.64. The molecule has 3 heteroatoms. The van der Waals surface area contributed by atoms with Crippen LogP contribution in [0.3, 0.4) is 0 Å². The number of carboxylic acid groups (broad SMARTS) is 1. The maximum atomic E-state index is 11.6. The van der Waals surface area contributed by atoms with Gasteiger partial charge in [-0.2, -0.15) is 0 Å². The molecule has 0 aromatic heterocycles. The second kappa shape index (κ2) is 5.29. The highest BCUT2D eigenvalue weighted by molar-refractivity contribution is 5.89. The Hall–Kier alpha value is -1.64. The smallest absolute Gasteiger partial charge is 0.304 e. The molecule has 1 rings (SSSR count). The van der Waals surface area contributed by atoms with Crippen LogP contribution in [0, 0.1) is 0 Å². The molecular formula is C12H14O3. The lowest BCUT2D eigenvalue weighted by Gasteiger charge is -2.12. The van der Waals surface area contributed by atoms with Crippen molar-refractivity contribution in [1.29, 1.82) is 0 Å². The van der Waals surface area contributed by atoms with Gasteiger partial charge in [-0.3, -0.25) is 9.59 Å². The fraction of sp³-hybridized carbons (Fsp3) is 0.333. The first kappa shape index (κ1) is 11.4. The van der Waals surface area contributed by atoms with Crippen molar-refractivity contribution < 1.29 is 14.7 Å². The lowest BCUT2D eigenvalue weighted by molar-refractivity contribution is -0.139. The minimum Gasteiger partial charge on any atom is -0.481 e. The summed E-state index contributed by atoms with van der Waals surface area (Å²) in [5.74, 6) is -1.47. The van der Waals surface area contributed by atoms with Gasteiger partial charge in [0.25, 0.3) is 0 Å². The maximum absolute atomic E-state index is 11.6. The van der Waals surface area contributed by atoms with Gasteiger partial charge in [0.15, 0.2) is 0 Å². The Morgan fingerprint density at radius 2 is 1.87 bits per heavy atom. The largest absolute Gasteiger partial charge is 0.481 e. The zero-order valence-electron chi connectivity index (χ0n) is 8.64. The molecule has 0 amide bonds. The number of hydrogen-bond donors (Lipinski definition) is 1. The summed E-state index contributed by atoms with van der Waals surface area (Å²) in [6.45, 7) is 1.75. The summed E-state index contributed by atoms with van der Waals surface area (Å²) in [7, 11) is 0. The Bertz CT molecular complexity index is 343. The molecule has 0 saturated heterocycles. The summed E-state index contributed by atoms with van der Waals surface area (Å²) >= 11 is 0. The Labute approximate surface area is 88.7 Å². The summed E-state index contributed by atoms with van der Waals surface area (Å²) in [4.78, 5) is 22.2. The van der Waals surface area contributed by atoms with Gasteiger partial charge in [0.05, 0.1) is 12.3 Å². The highest BCUT2D eigenvalue weighted by atomic mass is 16.4. The van der Waals surface area contributed by atoms with Gasteiger partial charge in [0.1, 0.15) is 5.78 Å². The second-order valence-corrected chi connectivity index (χ2v) is 3.38. The van der Waals surface area contributed by atoms with Crippen LogP contribution in [0.25, 0.3) is 0 Å². The molecule has 0 aliphatic heterocycles. The number of carbonyl (C=O) groups is 2. The monoisotopic (exact) mass is 206 g/mol. The number of aliphatic carboxylic acids is 1. The molecule has 0 spiro atoms. The van der Waals surface area contributed by atoms with Crippen molar-refractivity contribution in [2.45, 2.75) is 25.7 Å². The van der Waals surface area contributed by atoms with Gasteiger partial charge >= 0.3 is 5.97 Å². The van der Waals surface area contributed by atoms with Crippen LogP contribution < -0.4 is 0 Å². The van der Waals surface area contributed by atoms with Crippen LogP contribution in [-0.2, 0) is 9.59 Å². The molecule has 0 heterocycles. The van der Waals surface area contributed by atoms with Crippen LogP contribution in [0.4, 0.5) is 0 Å². The van der Waals surface area contributed by atoms with E-state index in [4.69, 9.17) is 5.11 Å². The molecule has 1 aromatic rings. The van der Waals surface area contributed by atoms with E-state index in [0.29, 0.717) is 6.42 Å². The third-order valence-corrected chi connectivity index (χ3v) is 2.32. The van der Waals surface area contributed by atoms with Crippen molar-refractivity contribution in [1.82, 2.24) is 0 Å². The molecule has 1 atom stereocenters. The number of rotatable bonds is 5. The Balaban J connectivity index is 2.91. The van der Waals surface area contributed by atoms with Gasteiger partial charge in [-0.15, -0.1) is 0 Å². The number of carbonyl (C=O) groups excluding carboxylic acids is 1. The van der Waals surface area contributed by atoms with Crippen molar-refractivity contribution >= 4 is 11.8 Å². The molecule has 1 aromatic carbocycles. The van der Waals surface area contributed by atoms with E-state index < -0.39 is 11.9 Å². The third-order valence-electron chi connectivity index (χ3n) is 2.32. The normalized spacial score (nSPS) is 12.1. The SMILES string of the molecule is CCC(=O)C(CC(=O)O)c1ccccc1. The predicted octanol–water partition coefficient (Wildman–Crippen LogP) is 2.22. The first-order valence-corrected chi connectivity index (χ1v) is 4.94. The van der Waals surface area contributed by atoms with Crippen molar-refractivity contribution in [3.8, 4) is 0 Å². The van der Waals surface area contributed by atoms with Crippen molar-refractivity contribution in [2.24, 2.45) is 0 Å². The molecule has 1 N–H and O–H groups in total. The van der Waals surface area contributed by atoms with E-state index in [1.165, 1.54) is 0 Å². The number of ketones is 1. The van der Waals surface area contributed by atoms with Gasteiger partial charge in [-0.25, -0.2) is 0 Å². The van der Waals surface area contributed by atoms with Crippen LogP contribution in [0.1, 0.15) is 31.2 Å². The molecule has 0 aliphatic carbocycles. The van der Waals surface area contributed by atoms with E-state index in [1.807, 2.05) is 18.2 Å².